The van der Waals surface area contributed by atoms with Gasteiger partial charge in [0, 0.05) is 5.69 Å². The van der Waals surface area contributed by atoms with Crippen LogP contribution in [0.3, 0.4) is 0 Å². The second-order valence-corrected chi connectivity index (χ2v) is 3.77. The number of para-hydroxylation sites is 1. The number of carbonyl (C=O) groups excluding carboxylic acids is 2. The molecule has 0 aliphatic carbocycles. The van der Waals surface area contributed by atoms with E-state index in [1.807, 2.05) is 6.92 Å². The van der Waals surface area contributed by atoms with Crippen LogP contribution in [0.1, 0.15) is 29.3 Å². The quantitative estimate of drug-likeness (QED) is 0.662. The number of hydrogen-bond donors (Lipinski definition) is 1. The van der Waals surface area contributed by atoms with Crippen molar-refractivity contribution in [2.24, 2.45) is 0 Å². The maximum Gasteiger partial charge on any atom is 0.340 e. The third kappa shape index (κ3) is 4.79. The Morgan fingerprint density at radius 3 is 2.58 bits per heavy atom. The van der Waals surface area contributed by atoms with Crippen LogP contribution in [0.15, 0.2) is 18.2 Å². The third-order valence-corrected chi connectivity index (χ3v) is 2.42. The number of nitrogen functional groups attached to an aromatic ring is 1. The number of rotatable bonds is 5. The number of halogens is 1. The molecule has 5 nitrogen and oxygen atoms in total. The third-order valence-electron chi connectivity index (χ3n) is 2.42. The van der Waals surface area contributed by atoms with Gasteiger partial charge in [-0.15, -0.1) is 12.4 Å². The zero-order valence-corrected chi connectivity index (χ0v) is 11.8. The van der Waals surface area contributed by atoms with Crippen LogP contribution in [0.25, 0.3) is 0 Å². The van der Waals surface area contributed by atoms with E-state index in [1.54, 1.807) is 18.2 Å². The van der Waals surface area contributed by atoms with Crippen LogP contribution in [-0.2, 0) is 20.7 Å². The normalized spacial score (nSPS) is 9.37. The first-order chi connectivity index (χ1) is 8.60. The Balaban J connectivity index is 0.00000324. The molecule has 0 fully saturated rings. The van der Waals surface area contributed by atoms with Gasteiger partial charge in [0.15, 0.2) is 0 Å². The van der Waals surface area contributed by atoms with E-state index in [2.05, 4.69) is 4.74 Å². The summed E-state index contributed by atoms with van der Waals surface area (Å²) in [4.78, 5) is 22.9. The fourth-order valence-electron chi connectivity index (χ4n) is 1.45. The Morgan fingerprint density at radius 1 is 1.32 bits per heavy atom. The Morgan fingerprint density at radius 2 is 2.00 bits per heavy atom. The summed E-state index contributed by atoms with van der Waals surface area (Å²) in [5.41, 5.74) is 6.96. The molecule has 0 aromatic heterocycles. The second kappa shape index (κ2) is 8.37. The molecule has 0 saturated carbocycles. The van der Waals surface area contributed by atoms with E-state index in [1.165, 1.54) is 7.11 Å². The average molecular weight is 288 g/mol. The van der Waals surface area contributed by atoms with Gasteiger partial charge in [0.1, 0.15) is 0 Å². The monoisotopic (exact) mass is 287 g/mol. The van der Waals surface area contributed by atoms with Crippen LogP contribution >= 0.6 is 12.4 Å². The molecule has 0 saturated heterocycles. The molecule has 6 heteroatoms. The zero-order chi connectivity index (χ0) is 13.5. The maximum absolute atomic E-state index is 11.7. The summed E-state index contributed by atoms with van der Waals surface area (Å²) in [5, 5.41) is 0. The lowest BCUT2D eigenvalue weighted by molar-refractivity contribution is -0.139. The molecule has 1 rings (SSSR count). The van der Waals surface area contributed by atoms with Crippen molar-refractivity contribution in [1.82, 2.24) is 0 Å². The minimum absolute atomic E-state index is 0. The first kappa shape index (κ1) is 17.2. The molecule has 0 radical (unpaired) electrons. The van der Waals surface area contributed by atoms with Gasteiger partial charge in [0.05, 0.1) is 25.7 Å². The zero-order valence-electron chi connectivity index (χ0n) is 11.0. The molecule has 106 valence electrons. The molecule has 0 heterocycles. The molecule has 0 unspecified atom stereocenters. The molecule has 1 aromatic rings. The highest BCUT2D eigenvalue weighted by atomic mass is 35.5. The number of benzene rings is 1. The summed E-state index contributed by atoms with van der Waals surface area (Å²) < 4.78 is 9.57. The van der Waals surface area contributed by atoms with Gasteiger partial charge in [0.25, 0.3) is 0 Å². The van der Waals surface area contributed by atoms with E-state index in [0.29, 0.717) is 12.2 Å². The molecular formula is C13H18ClNO4. The summed E-state index contributed by atoms with van der Waals surface area (Å²) in [7, 11) is 1.30. The Bertz CT molecular complexity index is 448. The predicted octanol–water partition coefficient (Wildman–Crippen LogP) is 1.97. The highest BCUT2D eigenvalue weighted by Gasteiger charge is 2.15. The van der Waals surface area contributed by atoms with Crippen molar-refractivity contribution in [2.45, 2.75) is 19.8 Å². The van der Waals surface area contributed by atoms with Crippen molar-refractivity contribution in [3.8, 4) is 0 Å². The fraction of sp³-hybridized carbons (Fsp3) is 0.385. The summed E-state index contributed by atoms with van der Waals surface area (Å²) in [6.45, 7) is 2.25. The lowest BCUT2D eigenvalue weighted by atomic mass is 10.0. The predicted molar refractivity (Wildman–Crippen MR) is 74.4 cm³/mol. The van der Waals surface area contributed by atoms with Crippen molar-refractivity contribution in [3.05, 3.63) is 29.3 Å². The van der Waals surface area contributed by atoms with Gasteiger partial charge in [-0.05, 0) is 18.1 Å². The van der Waals surface area contributed by atoms with Crippen molar-refractivity contribution in [1.29, 1.82) is 0 Å². The lowest BCUT2D eigenvalue weighted by Crippen LogP contribution is -2.12. The van der Waals surface area contributed by atoms with E-state index in [9.17, 15) is 9.59 Å². The summed E-state index contributed by atoms with van der Waals surface area (Å²) >= 11 is 0. The van der Waals surface area contributed by atoms with Gasteiger partial charge in [-0.3, -0.25) is 4.79 Å². The highest BCUT2D eigenvalue weighted by molar-refractivity contribution is 5.96. The Labute approximate surface area is 118 Å². The van der Waals surface area contributed by atoms with Gasteiger partial charge in [-0.25, -0.2) is 4.79 Å². The molecule has 0 aliphatic rings. The molecular weight excluding hydrogens is 270 g/mol. The van der Waals surface area contributed by atoms with E-state index in [0.717, 1.165) is 6.42 Å². The molecule has 0 spiro atoms. The largest absolute Gasteiger partial charge is 0.469 e. The lowest BCUT2D eigenvalue weighted by Gasteiger charge is -2.09. The molecule has 19 heavy (non-hydrogen) atoms. The van der Waals surface area contributed by atoms with Crippen molar-refractivity contribution in [3.63, 3.8) is 0 Å². The van der Waals surface area contributed by atoms with E-state index in [4.69, 9.17) is 10.5 Å². The van der Waals surface area contributed by atoms with Crippen LogP contribution in [0.4, 0.5) is 5.69 Å². The number of anilines is 1. The minimum Gasteiger partial charge on any atom is -0.469 e. The average Bonchev–Trinajstić information content (AvgIpc) is 2.38. The van der Waals surface area contributed by atoms with Crippen molar-refractivity contribution >= 4 is 30.0 Å². The van der Waals surface area contributed by atoms with Gasteiger partial charge in [-0.1, -0.05) is 19.1 Å². The molecule has 2 N–H and O–H groups in total. The number of carbonyl (C=O) groups is 2. The van der Waals surface area contributed by atoms with Gasteiger partial charge >= 0.3 is 11.9 Å². The minimum atomic E-state index is -0.471. The topological polar surface area (TPSA) is 78.6 Å². The van der Waals surface area contributed by atoms with Crippen LogP contribution in [0.5, 0.6) is 0 Å². The SMILES string of the molecule is CCCOC(=O)c1cccc(CC(=O)OC)c1N.Cl. The number of esters is 2. The Kier molecular flexibility index (Phi) is 7.60. The highest BCUT2D eigenvalue weighted by Crippen LogP contribution is 2.19. The molecule has 0 atom stereocenters. The van der Waals surface area contributed by atoms with E-state index >= 15 is 0 Å². The van der Waals surface area contributed by atoms with Crippen LogP contribution < -0.4 is 5.73 Å². The van der Waals surface area contributed by atoms with Gasteiger partial charge in [-0.2, -0.15) is 0 Å². The maximum atomic E-state index is 11.7. The fourth-order valence-corrected chi connectivity index (χ4v) is 1.45. The van der Waals surface area contributed by atoms with Gasteiger partial charge < -0.3 is 15.2 Å². The smallest absolute Gasteiger partial charge is 0.340 e. The number of hydrogen-bond acceptors (Lipinski definition) is 5. The van der Waals surface area contributed by atoms with E-state index < -0.39 is 11.9 Å². The van der Waals surface area contributed by atoms with Crippen LogP contribution in [-0.4, -0.2) is 25.7 Å². The van der Waals surface area contributed by atoms with Crippen LogP contribution in [0, 0.1) is 0 Å². The molecule has 0 amide bonds. The summed E-state index contributed by atoms with van der Waals surface area (Å²) in [6.07, 6.45) is 0.782. The number of nitrogens with two attached hydrogens (primary N) is 1. The van der Waals surface area contributed by atoms with Crippen molar-refractivity contribution in [2.75, 3.05) is 19.5 Å². The standard InChI is InChI=1S/C13H17NO4.ClH/c1-3-7-18-13(16)10-6-4-5-9(12(10)14)8-11(15)17-2;/h4-6H,3,7-8,14H2,1-2H3;1H. The van der Waals surface area contributed by atoms with Crippen LogP contribution in [0.2, 0.25) is 0 Å². The number of methoxy groups -OCH3 is 1. The Hall–Kier alpha value is -1.75. The summed E-state index contributed by atoms with van der Waals surface area (Å²) in [6, 6.07) is 4.92. The summed E-state index contributed by atoms with van der Waals surface area (Å²) in [5.74, 6) is -0.873. The first-order valence-electron chi connectivity index (χ1n) is 5.71. The molecule has 1 aromatic carbocycles. The number of ether oxygens (including phenoxy) is 2. The molecule has 0 aliphatic heterocycles. The second-order valence-electron chi connectivity index (χ2n) is 3.77. The van der Waals surface area contributed by atoms with E-state index in [-0.39, 0.29) is 30.1 Å². The van der Waals surface area contributed by atoms with Crippen molar-refractivity contribution < 1.29 is 19.1 Å². The first-order valence-corrected chi connectivity index (χ1v) is 5.71. The molecule has 0 bridgehead atoms. The van der Waals surface area contributed by atoms with Gasteiger partial charge in [0.2, 0.25) is 0 Å².